The molecule has 2 heterocycles. The highest BCUT2D eigenvalue weighted by Crippen LogP contribution is 2.23. The van der Waals surface area contributed by atoms with Gasteiger partial charge in [0.1, 0.15) is 5.92 Å². The number of urea groups is 1. The van der Waals surface area contributed by atoms with E-state index in [1.807, 2.05) is 18.7 Å². The molecule has 4 atom stereocenters. The summed E-state index contributed by atoms with van der Waals surface area (Å²) >= 11 is 0. The van der Waals surface area contributed by atoms with Crippen LogP contribution in [-0.2, 0) is 9.53 Å². The van der Waals surface area contributed by atoms with Crippen molar-refractivity contribution in [2.45, 2.75) is 51.2 Å². The number of hydrogen-bond donors (Lipinski definition) is 2. The van der Waals surface area contributed by atoms with E-state index in [-0.39, 0.29) is 31.3 Å². The van der Waals surface area contributed by atoms with Crippen LogP contribution in [0, 0.1) is 5.92 Å². The first-order chi connectivity index (χ1) is 9.00. The van der Waals surface area contributed by atoms with Crippen LogP contribution in [0.1, 0.15) is 33.1 Å². The van der Waals surface area contributed by atoms with E-state index in [2.05, 4.69) is 5.32 Å². The standard InChI is InChI=1S/C13H22N2O4/c1-8-4-3-5-9(2)15(8)13(18)14-11-7-19-6-10(11)12(16)17/h8-11H,3-7H2,1-2H3,(H,14,18)(H,16,17)/t8-,9+,10?,11?. The summed E-state index contributed by atoms with van der Waals surface area (Å²) in [5.41, 5.74) is 0. The fraction of sp³-hybridized carbons (Fsp3) is 0.846. The van der Waals surface area contributed by atoms with Crippen molar-refractivity contribution in [2.24, 2.45) is 5.92 Å². The molecule has 2 saturated heterocycles. The molecule has 2 amide bonds. The molecule has 0 radical (unpaired) electrons. The highest BCUT2D eigenvalue weighted by molar-refractivity contribution is 5.77. The average Bonchev–Trinajstić information content (AvgIpc) is 2.76. The first-order valence-corrected chi connectivity index (χ1v) is 6.90. The van der Waals surface area contributed by atoms with Crippen molar-refractivity contribution in [1.82, 2.24) is 10.2 Å². The Kier molecular flexibility index (Phi) is 4.29. The summed E-state index contributed by atoms with van der Waals surface area (Å²) in [7, 11) is 0. The minimum absolute atomic E-state index is 0.165. The largest absolute Gasteiger partial charge is 0.481 e. The number of nitrogens with zero attached hydrogens (tertiary/aromatic N) is 1. The molecule has 6 heteroatoms. The fourth-order valence-corrected chi connectivity index (χ4v) is 2.99. The lowest BCUT2D eigenvalue weighted by Crippen LogP contribution is -2.55. The molecule has 2 N–H and O–H groups in total. The summed E-state index contributed by atoms with van der Waals surface area (Å²) in [6, 6.07) is -0.184. The Hall–Kier alpha value is -1.30. The van der Waals surface area contributed by atoms with Crippen molar-refractivity contribution in [3.05, 3.63) is 0 Å². The molecule has 0 saturated carbocycles. The summed E-state index contributed by atoms with van der Waals surface area (Å²) in [4.78, 5) is 25.2. The number of likely N-dealkylation sites (tertiary alicyclic amines) is 1. The van der Waals surface area contributed by atoms with Gasteiger partial charge in [0.15, 0.2) is 0 Å². The number of carboxylic acids is 1. The molecule has 108 valence electrons. The quantitative estimate of drug-likeness (QED) is 0.786. The number of carbonyl (C=O) groups is 2. The summed E-state index contributed by atoms with van der Waals surface area (Å²) in [5, 5.41) is 11.9. The van der Waals surface area contributed by atoms with Gasteiger partial charge in [-0.1, -0.05) is 0 Å². The maximum atomic E-state index is 12.3. The van der Waals surface area contributed by atoms with Crippen LogP contribution in [0.3, 0.4) is 0 Å². The number of carbonyl (C=O) groups excluding carboxylic acids is 1. The molecule has 0 aliphatic carbocycles. The molecule has 0 bridgehead atoms. The van der Waals surface area contributed by atoms with Crippen molar-refractivity contribution >= 4 is 12.0 Å². The Morgan fingerprint density at radius 1 is 1.21 bits per heavy atom. The molecule has 0 aromatic heterocycles. The molecule has 0 spiro atoms. The third kappa shape index (κ3) is 3.00. The van der Waals surface area contributed by atoms with E-state index in [9.17, 15) is 9.59 Å². The summed E-state index contributed by atoms with van der Waals surface area (Å²) in [6.07, 6.45) is 3.14. The lowest BCUT2D eigenvalue weighted by Gasteiger charge is -2.39. The minimum atomic E-state index is -0.914. The van der Waals surface area contributed by atoms with Crippen LogP contribution >= 0.6 is 0 Å². The van der Waals surface area contributed by atoms with Crippen molar-refractivity contribution in [2.75, 3.05) is 13.2 Å². The van der Waals surface area contributed by atoms with Crippen LogP contribution in [0.4, 0.5) is 4.79 Å². The zero-order valence-corrected chi connectivity index (χ0v) is 11.5. The molecule has 6 nitrogen and oxygen atoms in total. The Balaban J connectivity index is 1.98. The smallest absolute Gasteiger partial charge is 0.318 e. The Bertz CT molecular complexity index is 351. The van der Waals surface area contributed by atoms with Crippen molar-refractivity contribution in [3.63, 3.8) is 0 Å². The average molecular weight is 270 g/mol. The van der Waals surface area contributed by atoms with E-state index < -0.39 is 17.9 Å². The van der Waals surface area contributed by atoms with E-state index >= 15 is 0 Å². The first-order valence-electron chi connectivity index (χ1n) is 6.90. The Morgan fingerprint density at radius 3 is 2.42 bits per heavy atom. The van der Waals surface area contributed by atoms with Gasteiger partial charge in [0.2, 0.25) is 0 Å². The number of amides is 2. The molecule has 0 aromatic rings. The number of nitrogens with one attached hydrogen (secondary N) is 1. The number of carboxylic acid groups (broad SMARTS) is 1. The van der Waals surface area contributed by atoms with Crippen LogP contribution in [0.5, 0.6) is 0 Å². The molecule has 2 unspecified atom stereocenters. The van der Waals surface area contributed by atoms with E-state index in [1.165, 1.54) is 0 Å². The van der Waals surface area contributed by atoms with Crippen molar-refractivity contribution in [1.29, 1.82) is 0 Å². The van der Waals surface area contributed by atoms with E-state index in [1.54, 1.807) is 0 Å². The number of aliphatic carboxylic acids is 1. The number of ether oxygens (including phenoxy) is 1. The van der Waals surface area contributed by atoms with Gasteiger partial charge in [0.05, 0.1) is 19.3 Å². The predicted molar refractivity (Wildman–Crippen MR) is 68.9 cm³/mol. The Labute approximate surface area is 113 Å². The van der Waals surface area contributed by atoms with Crippen molar-refractivity contribution < 1.29 is 19.4 Å². The lowest BCUT2D eigenvalue weighted by atomic mass is 9.98. The van der Waals surface area contributed by atoms with Gasteiger partial charge in [-0.2, -0.15) is 0 Å². The first kappa shape index (κ1) is 14.1. The third-order valence-electron chi connectivity index (χ3n) is 4.13. The summed E-state index contributed by atoms with van der Waals surface area (Å²) in [6.45, 7) is 4.52. The van der Waals surface area contributed by atoms with E-state index in [0.717, 1.165) is 19.3 Å². The van der Waals surface area contributed by atoms with E-state index in [0.29, 0.717) is 0 Å². The minimum Gasteiger partial charge on any atom is -0.481 e. The van der Waals surface area contributed by atoms with Crippen LogP contribution < -0.4 is 5.32 Å². The SMILES string of the molecule is C[C@@H]1CCC[C@H](C)N1C(=O)NC1COCC1C(=O)O. The highest BCUT2D eigenvalue weighted by Gasteiger charge is 2.37. The van der Waals surface area contributed by atoms with Gasteiger partial charge in [-0.05, 0) is 33.1 Å². The molecular weight excluding hydrogens is 248 g/mol. The fourth-order valence-electron chi connectivity index (χ4n) is 2.99. The van der Waals surface area contributed by atoms with Gasteiger partial charge in [0.25, 0.3) is 0 Å². The second kappa shape index (κ2) is 5.77. The topological polar surface area (TPSA) is 78.9 Å². The Morgan fingerprint density at radius 2 is 1.84 bits per heavy atom. The van der Waals surface area contributed by atoms with Crippen LogP contribution in [0.2, 0.25) is 0 Å². The van der Waals surface area contributed by atoms with Crippen LogP contribution in [0.15, 0.2) is 0 Å². The summed E-state index contributed by atoms with van der Waals surface area (Å²) < 4.78 is 5.16. The van der Waals surface area contributed by atoms with Crippen LogP contribution in [-0.4, -0.2) is 53.3 Å². The molecular formula is C13H22N2O4. The second-order valence-electron chi connectivity index (χ2n) is 5.57. The van der Waals surface area contributed by atoms with Gasteiger partial charge in [-0.3, -0.25) is 4.79 Å². The normalized spacial score (nSPS) is 35.2. The third-order valence-corrected chi connectivity index (χ3v) is 4.13. The predicted octanol–water partition coefficient (Wildman–Crippen LogP) is 1.06. The maximum Gasteiger partial charge on any atom is 0.318 e. The van der Waals surface area contributed by atoms with Gasteiger partial charge in [-0.25, -0.2) is 4.79 Å². The molecule has 0 aromatic carbocycles. The molecule has 19 heavy (non-hydrogen) atoms. The lowest BCUT2D eigenvalue weighted by molar-refractivity contribution is -0.142. The molecule has 2 aliphatic rings. The molecule has 2 fully saturated rings. The van der Waals surface area contributed by atoms with Gasteiger partial charge in [0, 0.05) is 12.1 Å². The van der Waals surface area contributed by atoms with Gasteiger partial charge in [-0.15, -0.1) is 0 Å². The number of hydrogen-bond acceptors (Lipinski definition) is 3. The number of rotatable bonds is 2. The highest BCUT2D eigenvalue weighted by atomic mass is 16.5. The van der Waals surface area contributed by atoms with Gasteiger partial charge < -0.3 is 20.1 Å². The summed E-state index contributed by atoms with van der Waals surface area (Å²) in [5.74, 6) is -1.55. The molecule has 2 rings (SSSR count). The zero-order chi connectivity index (χ0) is 14.0. The second-order valence-corrected chi connectivity index (χ2v) is 5.57. The maximum absolute atomic E-state index is 12.3. The van der Waals surface area contributed by atoms with Gasteiger partial charge >= 0.3 is 12.0 Å². The van der Waals surface area contributed by atoms with E-state index in [4.69, 9.17) is 9.84 Å². The van der Waals surface area contributed by atoms with Crippen molar-refractivity contribution in [3.8, 4) is 0 Å². The van der Waals surface area contributed by atoms with Crippen LogP contribution in [0.25, 0.3) is 0 Å². The zero-order valence-electron chi connectivity index (χ0n) is 11.5. The monoisotopic (exact) mass is 270 g/mol. The number of piperidine rings is 1. The molecule has 2 aliphatic heterocycles.